The van der Waals surface area contributed by atoms with E-state index in [0.717, 1.165) is 24.5 Å². The van der Waals surface area contributed by atoms with E-state index in [-0.39, 0.29) is 122 Å². The first-order valence-corrected chi connectivity index (χ1v) is 38.7. The van der Waals surface area contributed by atoms with Crippen molar-refractivity contribution in [1.29, 1.82) is 0 Å². The largest absolute Gasteiger partial charge is 0.394 e. The van der Waals surface area contributed by atoms with E-state index in [0.29, 0.717) is 19.3 Å². The molecule has 3 aliphatic heterocycles. The molecule has 0 aromatic rings. The molecule has 2 bridgehead atoms. The summed E-state index contributed by atoms with van der Waals surface area (Å²) in [7, 11) is 12.2. The van der Waals surface area contributed by atoms with Gasteiger partial charge in [0, 0.05) is 89.6 Å². The maximum atomic E-state index is 15.8. The number of hydrogen-bond donors (Lipinski definition) is 3. The van der Waals surface area contributed by atoms with Crippen molar-refractivity contribution >= 4 is 70.9 Å². The highest BCUT2D eigenvalue weighted by Gasteiger charge is 2.59. The molecule has 3 saturated carbocycles. The lowest BCUT2D eigenvalue weighted by molar-refractivity contribution is -0.215. The van der Waals surface area contributed by atoms with Gasteiger partial charge in [-0.3, -0.25) is 57.5 Å². The molecular weight excluding hydrogens is 1420 g/mol. The summed E-state index contributed by atoms with van der Waals surface area (Å²) in [4.78, 5) is 192. The van der Waals surface area contributed by atoms with Gasteiger partial charge in [-0.1, -0.05) is 79.9 Å². The van der Waals surface area contributed by atoms with Crippen molar-refractivity contribution in [3.63, 3.8) is 0 Å². The highest BCUT2D eigenvalue weighted by atomic mass is 19.4. The predicted molar refractivity (Wildman–Crippen MR) is 389 cm³/mol. The van der Waals surface area contributed by atoms with Gasteiger partial charge in [-0.2, -0.15) is 26.3 Å². The Labute approximate surface area is 633 Å². The highest BCUT2D eigenvalue weighted by Crippen LogP contribution is 2.50. The van der Waals surface area contributed by atoms with Gasteiger partial charge < -0.3 is 69.5 Å². The second-order valence-electron chi connectivity index (χ2n) is 32.3. The summed E-state index contributed by atoms with van der Waals surface area (Å²) < 4.78 is 96.9. The first kappa shape index (κ1) is 89.8. The number of ether oxygens (including phenoxy) is 2. The van der Waals surface area contributed by atoms with Gasteiger partial charge in [0.1, 0.15) is 53.9 Å². The number of amides is 12. The lowest BCUT2D eigenvalue weighted by Crippen LogP contribution is -2.71. The van der Waals surface area contributed by atoms with Gasteiger partial charge in [-0.15, -0.1) is 0 Å². The first-order valence-electron chi connectivity index (χ1n) is 38.7. The van der Waals surface area contributed by atoms with Crippen LogP contribution in [0.4, 0.5) is 26.3 Å². The summed E-state index contributed by atoms with van der Waals surface area (Å²) in [6, 6.07) is -11.0. The van der Waals surface area contributed by atoms with Crippen LogP contribution in [-0.4, -0.2) is 290 Å². The molecule has 2 saturated heterocycles. The number of alkyl halides is 6. The van der Waals surface area contributed by atoms with Crippen molar-refractivity contribution in [1.82, 2.24) is 60.0 Å². The molecule has 3 N–H and O–H groups in total. The van der Waals surface area contributed by atoms with Crippen LogP contribution < -0.4 is 16.0 Å². The van der Waals surface area contributed by atoms with Crippen molar-refractivity contribution in [3.05, 3.63) is 12.2 Å². The highest BCUT2D eigenvalue weighted by molar-refractivity contribution is 6.01. The third kappa shape index (κ3) is 21.7. The molecule has 0 radical (unpaired) electrons. The lowest BCUT2D eigenvalue weighted by atomic mass is 9.58. The van der Waals surface area contributed by atoms with Crippen molar-refractivity contribution < 1.29 is 93.4 Å². The maximum absolute atomic E-state index is 15.8. The van der Waals surface area contributed by atoms with E-state index in [9.17, 15) is 55.1 Å². The number of nitrogens with one attached hydrogen (secondary N) is 3. The fraction of sp³-hybridized carbons (Fsp3) is 0.816. The Morgan fingerprint density at radius 3 is 1.82 bits per heavy atom. The summed E-state index contributed by atoms with van der Waals surface area (Å²) in [6.45, 7) is 12.7. The molecule has 12 amide bonds. The fourth-order valence-corrected chi connectivity index (χ4v) is 17.4. The van der Waals surface area contributed by atoms with Gasteiger partial charge in [0.15, 0.2) is 0 Å². The van der Waals surface area contributed by atoms with Gasteiger partial charge in [0.2, 0.25) is 70.9 Å². The number of carbonyl (C=O) groups excluding carboxylic acids is 12. The molecule has 3 heterocycles. The molecular formula is C76H122F6N12O14. The van der Waals surface area contributed by atoms with Crippen molar-refractivity contribution in [2.45, 2.75) is 262 Å². The van der Waals surface area contributed by atoms with E-state index < -0.39 is 210 Å². The van der Waals surface area contributed by atoms with E-state index in [1.165, 1.54) is 83.1 Å². The van der Waals surface area contributed by atoms with Crippen LogP contribution in [0.5, 0.6) is 0 Å². The molecule has 1 spiro atoms. The number of nitrogens with zero attached hydrogens (tertiary/aromatic N) is 9. The molecule has 612 valence electrons. The second kappa shape index (κ2) is 38.2. The quantitative estimate of drug-likeness (QED) is 0.119. The van der Waals surface area contributed by atoms with Crippen LogP contribution in [0.2, 0.25) is 0 Å². The van der Waals surface area contributed by atoms with Crippen LogP contribution in [0.15, 0.2) is 12.2 Å². The molecule has 6 rings (SSSR count). The Balaban J connectivity index is 1.49. The molecule has 32 heteroatoms. The molecule has 13 atom stereocenters. The summed E-state index contributed by atoms with van der Waals surface area (Å²) in [6.07, 6.45) is -8.10. The van der Waals surface area contributed by atoms with E-state index >= 15 is 28.8 Å². The first-order chi connectivity index (χ1) is 50.5. The Hall–Kier alpha value is -7.12. The zero-order valence-electron chi connectivity index (χ0n) is 66.6. The number of likely N-dealkylation sites (N-methyl/N-ethyl adjacent to an activating group) is 7. The summed E-state index contributed by atoms with van der Waals surface area (Å²) in [5, 5.41) is 8.63. The average Bonchev–Trinajstić information content (AvgIpc) is 0.872. The Bertz CT molecular complexity index is 3210. The monoisotopic (exact) mass is 1540 g/mol. The van der Waals surface area contributed by atoms with Crippen molar-refractivity contribution in [3.8, 4) is 0 Å². The number of carbonyl (C=O) groups is 12. The lowest BCUT2D eigenvalue weighted by Gasteiger charge is -2.54. The normalized spacial score (nSPS) is 30.9. The Morgan fingerprint density at radius 2 is 1.27 bits per heavy atom. The summed E-state index contributed by atoms with van der Waals surface area (Å²) in [5.41, 5.74) is -2.29. The van der Waals surface area contributed by atoms with Gasteiger partial charge in [0.25, 0.3) is 0 Å². The van der Waals surface area contributed by atoms with Gasteiger partial charge in [0.05, 0.1) is 43.6 Å². The number of methoxy groups -OCH3 is 1. The third-order valence-corrected chi connectivity index (χ3v) is 24.0. The van der Waals surface area contributed by atoms with Gasteiger partial charge in [-0.05, 0) is 132 Å². The average molecular weight is 1540 g/mol. The molecule has 5 fully saturated rings. The molecule has 6 aliphatic rings. The van der Waals surface area contributed by atoms with E-state index in [1.54, 1.807) is 39.8 Å². The molecule has 26 nitrogen and oxygen atoms in total. The van der Waals surface area contributed by atoms with Crippen LogP contribution in [-0.2, 0) is 67.0 Å². The van der Waals surface area contributed by atoms with Gasteiger partial charge >= 0.3 is 12.4 Å². The zero-order valence-corrected chi connectivity index (χ0v) is 66.6. The Morgan fingerprint density at radius 1 is 0.648 bits per heavy atom. The van der Waals surface area contributed by atoms with Crippen molar-refractivity contribution in [2.24, 2.45) is 40.9 Å². The number of halogens is 6. The van der Waals surface area contributed by atoms with Crippen LogP contribution >= 0.6 is 0 Å². The van der Waals surface area contributed by atoms with E-state index in [1.807, 2.05) is 27.7 Å². The second-order valence-corrected chi connectivity index (χ2v) is 32.3. The SMILES string of the molecule is CCO[C@@H]1C[C@H]2C(=O)NC3(CC(C)(C)C3)C(=O)N(C)[C@@H](C(CC)CC)C(=O)N(C)[C@H](C(=O)N(C)C)CC(=O)N(C)[C@@H](CC)C(=O)N[C@@H]([C@@H](C)CC)C(=O)N(C)CC(=O)N(C)[C@H]3C/C=C\CCN(C3=O)[C@@H](CC3CCC(C(F)(F)F)CC3)C(=O)N(C)CC(=O)N[C@@H](CCC3CCC(C(F)(F)F)C(OC)C3)C(=O)N2C1. The van der Waals surface area contributed by atoms with Crippen molar-refractivity contribution in [2.75, 3.05) is 96.3 Å². The number of rotatable bonds is 15. The molecule has 0 aromatic carbocycles. The summed E-state index contributed by atoms with van der Waals surface area (Å²) >= 11 is 0. The third-order valence-electron chi connectivity index (χ3n) is 24.0. The van der Waals surface area contributed by atoms with Crippen LogP contribution in [0, 0.1) is 40.9 Å². The minimum Gasteiger partial charge on any atom is -0.381 e. The Kier molecular flexibility index (Phi) is 31.8. The van der Waals surface area contributed by atoms with E-state index in [4.69, 9.17) is 9.47 Å². The topological polar surface area (TPSA) is 289 Å². The fourth-order valence-electron chi connectivity index (χ4n) is 17.4. The number of fused-ring (bicyclic) bond motifs is 3. The molecule has 0 aromatic heterocycles. The van der Waals surface area contributed by atoms with Crippen LogP contribution in [0.3, 0.4) is 0 Å². The summed E-state index contributed by atoms with van der Waals surface area (Å²) in [5.74, 6) is -14.5. The minimum absolute atomic E-state index is 0.00523. The van der Waals surface area contributed by atoms with Gasteiger partial charge in [-0.25, -0.2) is 0 Å². The molecule has 108 heavy (non-hydrogen) atoms. The van der Waals surface area contributed by atoms with Crippen LogP contribution in [0.1, 0.15) is 184 Å². The minimum atomic E-state index is -4.57. The molecule has 3 unspecified atom stereocenters. The predicted octanol–water partition coefficient (Wildman–Crippen LogP) is 6.33. The smallest absolute Gasteiger partial charge is 0.381 e. The standard InChI is InChI=1S/C76H122F6N12O14/c1-18-45(6)62-70(104)88(12)42-61(97)90(14)54-26-24-23-25-35-93(69(54)103)57(36-46-27-31-49(32-28-46)75(77,78)79)68(102)87(11)41-59(95)83-52(34-30-47-29-33-51(76(80,81)82)58(37-47)107-17)66(100)94-40-50(108-22-5)38-55(94)65(99)85-74(43-73(7,8)44-74)72(106)92(16)63(48(19-2)20-3)71(105)91(15)56(67(101)86(9)10)39-60(96)89(13)53(21-4)64(98)84-62/h23-24,45-58,62-63H,18-22,25-44H2,1-17H3,(H,83,95)(H,84,98)(H,85,99)/b24-23-/t45-,46?,47?,49?,50+,51?,52-,53-,54-,55-,56-,57-,58?,62-,63-/m0/s1. The zero-order chi connectivity index (χ0) is 81.0. The molecule has 3 aliphatic carbocycles. The maximum Gasteiger partial charge on any atom is 0.394 e. The number of hydrogen-bond acceptors (Lipinski definition) is 14. The van der Waals surface area contributed by atoms with Crippen LogP contribution in [0.25, 0.3) is 0 Å². The van der Waals surface area contributed by atoms with E-state index in [2.05, 4.69) is 16.0 Å².